The molecule has 2 aliphatic rings. The number of hydrogen-bond acceptors (Lipinski definition) is 5. The molecular formula is C18H25N3O4. The molecule has 7 nitrogen and oxygen atoms in total. The molecule has 7 heteroatoms. The third-order valence-corrected chi connectivity index (χ3v) is 4.57. The lowest BCUT2D eigenvalue weighted by Crippen LogP contribution is -2.40. The van der Waals surface area contributed by atoms with Gasteiger partial charge >= 0.3 is 0 Å². The summed E-state index contributed by atoms with van der Waals surface area (Å²) in [5.41, 5.74) is 1.07. The van der Waals surface area contributed by atoms with Crippen molar-refractivity contribution < 1.29 is 19.1 Å². The van der Waals surface area contributed by atoms with E-state index in [0.29, 0.717) is 13.2 Å². The molecule has 1 atom stereocenters. The van der Waals surface area contributed by atoms with Crippen LogP contribution in [0, 0.1) is 0 Å². The zero-order chi connectivity index (χ0) is 17.6. The number of ether oxygens (including phenoxy) is 2. The lowest BCUT2D eigenvalue weighted by atomic mass is 10.0. The Hall–Kier alpha value is -2.28. The standard InChI is InChI=1S/C18H25N3O4/c1-19-17(22)11-20-12-18(23)21-7-2-4-14(21)13-5-6-15-16(10-13)25-9-3-8-24-15/h5-6,10,14,20H,2-4,7-9,11-12H2,1H3,(H,19,22)/t14-/m0/s1. The number of amides is 2. The van der Waals surface area contributed by atoms with E-state index in [4.69, 9.17) is 9.47 Å². The Bertz CT molecular complexity index is 635. The van der Waals surface area contributed by atoms with Gasteiger partial charge in [-0.2, -0.15) is 0 Å². The van der Waals surface area contributed by atoms with Gasteiger partial charge in [-0.1, -0.05) is 6.07 Å². The molecule has 2 amide bonds. The first-order chi connectivity index (χ1) is 12.2. The zero-order valence-corrected chi connectivity index (χ0v) is 14.5. The maximum Gasteiger partial charge on any atom is 0.237 e. The van der Waals surface area contributed by atoms with Gasteiger partial charge in [0.05, 0.1) is 32.3 Å². The van der Waals surface area contributed by atoms with Gasteiger partial charge in [-0.15, -0.1) is 0 Å². The summed E-state index contributed by atoms with van der Waals surface area (Å²) in [6, 6.07) is 5.99. The molecule has 0 saturated carbocycles. The predicted molar refractivity (Wildman–Crippen MR) is 92.7 cm³/mol. The van der Waals surface area contributed by atoms with Crippen LogP contribution in [-0.2, 0) is 9.59 Å². The van der Waals surface area contributed by atoms with E-state index in [1.165, 1.54) is 0 Å². The summed E-state index contributed by atoms with van der Waals surface area (Å²) in [7, 11) is 1.58. The van der Waals surface area contributed by atoms with Crippen LogP contribution < -0.4 is 20.1 Å². The van der Waals surface area contributed by atoms with Crippen LogP contribution in [0.25, 0.3) is 0 Å². The van der Waals surface area contributed by atoms with Crippen molar-refractivity contribution in [2.24, 2.45) is 0 Å². The second kappa shape index (κ2) is 8.20. The van der Waals surface area contributed by atoms with Crippen LogP contribution in [0.5, 0.6) is 11.5 Å². The maximum absolute atomic E-state index is 12.5. The topological polar surface area (TPSA) is 79.9 Å². The number of likely N-dealkylation sites (tertiary alicyclic amines) is 1. The van der Waals surface area contributed by atoms with Gasteiger partial charge < -0.3 is 19.7 Å². The molecule has 2 heterocycles. The van der Waals surface area contributed by atoms with Crippen LogP contribution in [0.1, 0.15) is 30.9 Å². The number of benzene rings is 1. The highest BCUT2D eigenvalue weighted by atomic mass is 16.5. The maximum atomic E-state index is 12.5. The van der Waals surface area contributed by atoms with Crippen LogP contribution in [0.2, 0.25) is 0 Å². The summed E-state index contributed by atoms with van der Waals surface area (Å²) in [6.07, 6.45) is 2.77. The van der Waals surface area contributed by atoms with Crippen molar-refractivity contribution in [1.82, 2.24) is 15.5 Å². The van der Waals surface area contributed by atoms with Gasteiger partial charge in [0, 0.05) is 20.0 Å². The largest absolute Gasteiger partial charge is 0.490 e. The van der Waals surface area contributed by atoms with Crippen molar-refractivity contribution >= 4 is 11.8 Å². The Balaban J connectivity index is 1.66. The van der Waals surface area contributed by atoms with Crippen LogP contribution in [0.3, 0.4) is 0 Å². The van der Waals surface area contributed by atoms with Gasteiger partial charge in [-0.25, -0.2) is 0 Å². The van der Waals surface area contributed by atoms with E-state index in [0.717, 1.165) is 42.9 Å². The number of hydrogen-bond donors (Lipinski definition) is 2. The fourth-order valence-electron chi connectivity index (χ4n) is 3.27. The fourth-order valence-corrected chi connectivity index (χ4v) is 3.27. The highest BCUT2D eigenvalue weighted by molar-refractivity contribution is 5.81. The lowest BCUT2D eigenvalue weighted by molar-refractivity contribution is -0.131. The Morgan fingerprint density at radius 3 is 2.76 bits per heavy atom. The first-order valence-corrected chi connectivity index (χ1v) is 8.79. The Kier molecular flexibility index (Phi) is 5.75. The molecule has 0 aromatic heterocycles. The molecule has 25 heavy (non-hydrogen) atoms. The number of nitrogens with one attached hydrogen (secondary N) is 2. The van der Waals surface area contributed by atoms with E-state index in [-0.39, 0.29) is 30.9 Å². The number of rotatable bonds is 5. The molecule has 2 N–H and O–H groups in total. The lowest BCUT2D eigenvalue weighted by Gasteiger charge is -2.26. The molecule has 1 aromatic carbocycles. The molecule has 1 fully saturated rings. The fraction of sp³-hybridized carbons (Fsp3) is 0.556. The van der Waals surface area contributed by atoms with Crippen molar-refractivity contribution in [1.29, 1.82) is 0 Å². The Morgan fingerprint density at radius 1 is 1.16 bits per heavy atom. The van der Waals surface area contributed by atoms with Crippen molar-refractivity contribution in [3.05, 3.63) is 23.8 Å². The molecule has 1 saturated heterocycles. The third kappa shape index (κ3) is 4.22. The van der Waals surface area contributed by atoms with Gasteiger partial charge in [0.25, 0.3) is 0 Å². The third-order valence-electron chi connectivity index (χ3n) is 4.57. The molecule has 0 unspecified atom stereocenters. The predicted octanol–water partition coefficient (Wildman–Crippen LogP) is 0.847. The van der Waals surface area contributed by atoms with Crippen LogP contribution in [0.4, 0.5) is 0 Å². The number of carbonyl (C=O) groups excluding carboxylic acids is 2. The zero-order valence-electron chi connectivity index (χ0n) is 14.5. The quantitative estimate of drug-likeness (QED) is 0.825. The Labute approximate surface area is 147 Å². The van der Waals surface area contributed by atoms with Crippen molar-refractivity contribution in [3.63, 3.8) is 0 Å². The summed E-state index contributed by atoms with van der Waals surface area (Å²) in [5, 5.41) is 5.42. The number of likely N-dealkylation sites (N-methyl/N-ethyl adjacent to an activating group) is 1. The summed E-state index contributed by atoms with van der Waals surface area (Å²) in [6.45, 7) is 2.35. The highest BCUT2D eigenvalue weighted by Gasteiger charge is 2.30. The first kappa shape index (κ1) is 17.5. The van der Waals surface area contributed by atoms with Crippen molar-refractivity contribution in [3.8, 4) is 11.5 Å². The van der Waals surface area contributed by atoms with E-state index in [9.17, 15) is 9.59 Å². The molecule has 2 aliphatic heterocycles. The molecule has 0 aliphatic carbocycles. The van der Waals surface area contributed by atoms with Crippen molar-refractivity contribution in [2.45, 2.75) is 25.3 Å². The number of fused-ring (bicyclic) bond motifs is 1. The van der Waals surface area contributed by atoms with E-state index in [1.807, 2.05) is 23.1 Å². The monoisotopic (exact) mass is 347 g/mol. The average Bonchev–Trinajstić information content (AvgIpc) is 3.00. The molecular weight excluding hydrogens is 322 g/mol. The van der Waals surface area contributed by atoms with E-state index < -0.39 is 0 Å². The Morgan fingerprint density at radius 2 is 1.96 bits per heavy atom. The smallest absolute Gasteiger partial charge is 0.237 e. The van der Waals surface area contributed by atoms with Gasteiger partial charge in [-0.3, -0.25) is 14.9 Å². The van der Waals surface area contributed by atoms with E-state index in [1.54, 1.807) is 7.05 Å². The van der Waals surface area contributed by atoms with Crippen LogP contribution >= 0.6 is 0 Å². The van der Waals surface area contributed by atoms with E-state index in [2.05, 4.69) is 10.6 Å². The SMILES string of the molecule is CNC(=O)CNCC(=O)N1CCC[C@H]1c1ccc2c(c1)OCCCO2. The molecule has 3 rings (SSSR count). The number of carbonyl (C=O) groups is 2. The summed E-state index contributed by atoms with van der Waals surface area (Å²) in [5.74, 6) is 1.41. The summed E-state index contributed by atoms with van der Waals surface area (Å²) >= 11 is 0. The summed E-state index contributed by atoms with van der Waals surface area (Å²) < 4.78 is 11.4. The average molecular weight is 347 g/mol. The molecule has 136 valence electrons. The molecule has 0 radical (unpaired) electrons. The molecule has 0 spiro atoms. The second-order valence-corrected chi connectivity index (χ2v) is 6.28. The highest BCUT2D eigenvalue weighted by Crippen LogP contribution is 2.37. The minimum absolute atomic E-state index is 0.0125. The minimum Gasteiger partial charge on any atom is -0.490 e. The van der Waals surface area contributed by atoms with Gasteiger partial charge in [0.2, 0.25) is 11.8 Å². The summed E-state index contributed by atoms with van der Waals surface area (Å²) in [4.78, 5) is 25.6. The van der Waals surface area contributed by atoms with Crippen molar-refractivity contribution in [2.75, 3.05) is 39.9 Å². The van der Waals surface area contributed by atoms with Gasteiger partial charge in [0.1, 0.15) is 0 Å². The number of nitrogens with zero attached hydrogens (tertiary/aromatic N) is 1. The van der Waals surface area contributed by atoms with Crippen LogP contribution in [-0.4, -0.2) is 56.6 Å². The van der Waals surface area contributed by atoms with Gasteiger partial charge in [-0.05, 0) is 30.5 Å². The minimum atomic E-state index is -0.131. The van der Waals surface area contributed by atoms with Gasteiger partial charge in [0.15, 0.2) is 11.5 Å². The van der Waals surface area contributed by atoms with E-state index >= 15 is 0 Å². The van der Waals surface area contributed by atoms with Crippen LogP contribution in [0.15, 0.2) is 18.2 Å². The molecule has 0 bridgehead atoms. The normalized spacial score (nSPS) is 19.4. The molecule has 1 aromatic rings. The first-order valence-electron chi connectivity index (χ1n) is 8.79. The second-order valence-electron chi connectivity index (χ2n) is 6.28.